The summed E-state index contributed by atoms with van der Waals surface area (Å²) in [5, 5.41) is 2.58. The van der Waals surface area contributed by atoms with E-state index in [1.165, 1.54) is 12.1 Å². The van der Waals surface area contributed by atoms with Gasteiger partial charge in [-0.25, -0.2) is 9.18 Å². The molecular weight excluding hydrogens is 295 g/mol. The van der Waals surface area contributed by atoms with Gasteiger partial charge in [0, 0.05) is 0 Å². The van der Waals surface area contributed by atoms with Crippen molar-refractivity contribution in [3.63, 3.8) is 0 Å². The van der Waals surface area contributed by atoms with Crippen LogP contribution in [0.15, 0.2) is 54.2 Å². The Morgan fingerprint density at radius 3 is 2.57 bits per heavy atom. The Balaban J connectivity index is 1.81. The summed E-state index contributed by atoms with van der Waals surface area (Å²) in [5.74, 6) is -0.744. The number of imide groups is 1. The van der Waals surface area contributed by atoms with E-state index in [-0.39, 0.29) is 24.0 Å². The van der Waals surface area contributed by atoms with Crippen LogP contribution in [0.2, 0.25) is 0 Å². The molecule has 0 unspecified atom stereocenters. The normalized spacial score (nSPS) is 16.1. The van der Waals surface area contributed by atoms with E-state index in [9.17, 15) is 14.0 Å². The number of carbonyl (C=O) groups is 2. The third-order valence-corrected chi connectivity index (χ3v) is 3.57. The number of hydrogen-bond donors (Lipinski definition) is 1. The lowest BCUT2D eigenvalue weighted by molar-refractivity contribution is -0.123. The first kappa shape index (κ1) is 15.0. The van der Waals surface area contributed by atoms with Crippen molar-refractivity contribution in [2.45, 2.75) is 13.5 Å². The number of amides is 3. The van der Waals surface area contributed by atoms with Crippen molar-refractivity contribution in [3.05, 3.63) is 76.7 Å². The molecule has 2 aromatic rings. The molecule has 0 saturated carbocycles. The first-order valence-corrected chi connectivity index (χ1v) is 7.18. The number of rotatable bonds is 3. The van der Waals surface area contributed by atoms with Crippen molar-refractivity contribution in [2.75, 3.05) is 0 Å². The number of carbonyl (C=O) groups excluding carboxylic acids is 2. The Kier molecular flexibility index (Phi) is 3.93. The summed E-state index contributed by atoms with van der Waals surface area (Å²) in [7, 11) is 0. The number of nitrogens with zero attached hydrogens (tertiary/aromatic N) is 1. The Morgan fingerprint density at radius 2 is 1.87 bits per heavy atom. The van der Waals surface area contributed by atoms with Crippen LogP contribution in [-0.4, -0.2) is 16.8 Å². The summed E-state index contributed by atoms with van der Waals surface area (Å²) in [6, 6.07) is 12.9. The zero-order chi connectivity index (χ0) is 16.4. The first-order chi connectivity index (χ1) is 11.0. The number of benzene rings is 2. The summed E-state index contributed by atoms with van der Waals surface area (Å²) in [5.41, 5.74) is 2.84. The van der Waals surface area contributed by atoms with Gasteiger partial charge in [0.25, 0.3) is 5.91 Å². The number of aryl methyl sites for hydroxylation is 1. The van der Waals surface area contributed by atoms with Gasteiger partial charge in [0.2, 0.25) is 0 Å². The average molecular weight is 310 g/mol. The maximum atomic E-state index is 12.9. The summed E-state index contributed by atoms with van der Waals surface area (Å²) in [6.45, 7) is 2.06. The van der Waals surface area contributed by atoms with Crippen LogP contribution in [0.25, 0.3) is 6.08 Å². The zero-order valence-corrected chi connectivity index (χ0v) is 12.5. The van der Waals surface area contributed by atoms with Gasteiger partial charge in [0.05, 0.1) is 6.54 Å². The maximum absolute atomic E-state index is 12.9. The number of hydrogen-bond acceptors (Lipinski definition) is 2. The van der Waals surface area contributed by atoms with Crippen molar-refractivity contribution >= 4 is 18.0 Å². The van der Waals surface area contributed by atoms with Gasteiger partial charge in [-0.3, -0.25) is 9.69 Å². The minimum atomic E-state index is -0.474. The predicted molar refractivity (Wildman–Crippen MR) is 84.6 cm³/mol. The molecule has 0 aliphatic carbocycles. The largest absolute Gasteiger partial charge is 0.329 e. The molecule has 2 aromatic carbocycles. The second kappa shape index (κ2) is 6.04. The lowest BCUT2D eigenvalue weighted by Crippen LogP contribution is -2.30. The van der Waals surface area contributed by atoms with Crippen LogP contribution in [0.1, 0.15) is 16.7 Å². The fourth-order valence-corrected chi connectivity index (χ4v) is 2.41. The second-order valence-electron chi connectivity index (χ2n) is 5.42. The van der Waals surface area contributed by atoms with E-state index in [1.807, 2.05) is 31.2 Å². The Bertz CT molecular complexity index is 797. The van der Waals surface area contributed by atoms with Crippen LogP contribution < -0.4 is 5.32 Å². The molecule has 23 heavy (non-hydrogen) atoms. The third-order valence-electron chi connectivity index (χ3n) is 3.57. The van der Waals surface area contributed by atoms with Gasteiger partial charge >= 0.3 is 6.03 Å². The smallest absolute Gasteiger partial charge is 0.303 e. The minimum absolute atomic E-state index is 0.107. The molecule has 5 heteroatoms. The average Bonchev–Trinajstić information content (AvgIpc) is 2.77. The van der Waals surface area contributed by atoms with Gasteiger partial charge in [0.15, 0.2) is 0 Å². The van der Waals surface area contributed by atoms with Crippen LogP contribution >= 0.6 is 0 Å². The summed E-state index contributed by atoms with van der Waals surface area (Å²) < 4.78 is 12.9. The highest BCUT2D eigenvalue weighted by Gasteiger charge is 2.33. The second-order valence-corrected chi connectivity index (χ2v) is 5.42. The monoisotopic (exact) mass is 310 g/mol. The molecule has 116 valence electrons. The van der Waals surface area contributed by atoms with E-state index in [0.717, 1.165) is 16.0 Å². The molecule has 0 radical (unpaired) electrons. The molecule has 1 fully saturated rings. The van der Waals surface area contributed by atoms with Gasteiger partial charge in [-0.2, -0.15) is 0 Å². The molecule has 1 aliphatic rings. The highest BCUT2D eigenvalue weighted by Crippen LogP contribution is 2.17. The molecule has 0 atom stereocenters. The van der Waals surface area contributed by atoms with Crippen LogP contribution in [0, 0.1) is 12.7 Å². The maximum Gasteiger partial charge on any atom is 0.329 e. The van der Waals surface area contributed by atoms with E-state index >= 15 is 0 Å². The SMILES string of the molecule is Cc1cccc(/C=C2/NC(=O)N(Cc3ccc(F)cc3)C2=O)c1. The molecule has 1 saturated heterocycles. The van der Waals surface area contributed by atoms with E-state index < -0.39 is 6.03 Å². The number of halogens is 1. The molecule has 4 nitrogen and oxygen atoms in total. The molecule has 1 N–H and O–H groups in total. The van der Waals surface area contributed by atoms with Gasteiger partial charge in [-0.1, -0.05) is 42.0 Å². The predicted octanol–water partition coefficient (Wildman–Crippen LogP) is 3.23. The van der Waals surface area contributed by atoms with E-state index in [2.05, 4.69) is 5.32 Å². The standard InChI is InChI=1S/C18H15FN2O2/c1-12-3-2-4-14(9-12)10-16-17(22)21(18(23)20-16)11-13-5-7-15(19)8-6-13/h2-10H,11H2,1H3,(H,20,23)/b16-10+. The van der Waals surface area contributed by atoms with Crippen LogP contribution in [0.5, 0.6) is 0 Å². The molecular formula is C18H15FN2O2. The van der Waals surface area contributed by atoms with E-state index in [0.29, 0.717) is 5.56 Å². The Labute approximate surface area is 133 Å². The van der Waals surface area contributed by atoms with Gasteiger partial charge in [-0.15, -0.1) is 0 Å². The van der Waals surface area contributed by atoms with Crippen LogP contribution in [0.4, 0.5) is 9.18 Å². The molecule has 0 spiro atoms. The van der Waals surface area contributed by atoms with E-state index in [1.54, 1.807) is 18.2 Å². The fourth-order valence-electron chi connectivity index (χ4n) is 2.41. The third kappa shape index (κ3) is 3.29. The lowest BCUT2D eigenvalue weighted by Gasteiger charge is -2.11. The van der Waals surface area contributed by atoms with Gasteiger partial charge in [-0.05, 0) is 36.3 Å². The zero-order valence-electron chi connectivity index (χ0n) is 12.5. The topological polar surface area (TPSA) is 49.4 Å². The number of urea groups is 1. The molecule has 1 aliphatic heterocycles. The summed E-state index contributed by atoms with van der Waals surface area (Å²) in [4.78, 5) is 25.5. The highest BCUT2D eigenvalue weighted by molar-refractivity contribution is 6.13. The molecule has 3 amide bonds. The van der Waals surface area contributed by atoms with Crippen molar-refractivity contribution in [3.8, 4) is 0 Å². The summed E-state index contributed by atoms with van der Waals surface area (Å²) >= 11 is 0. The Morgan fingerprint density at radius 1 is 1.13 bits per heavy atom. The summed E-state index contributed by atoms with van der Waals surface area (Å²) in [6.07, 6.45) is 1.65. The van der Waals surface area contributed by atoms with Crippen molar-refractivity contribution in [2.24, 2.45) is 0 Å². The van der Waals surface area contributed by atoms with Crippen molar-refractivity contribution < 1.29 is 14.0 Å². The van der Waals surface area contributed by atoms with Crippen LogP contribution in [-0.2, 0) is 11.3 Å². The molecule has 0 bridgehead atoms. The van der Waals surface area contributed by atoms with Crippen molar-refractivity contribution in [1.29, 1.82) is 0 Å². The molecule has 0 aromatic heterocycles. The quantitative estimate of drug-likeness (QED) is 0.699. The van der Waals surface area contributed by atoms with Crippen molar-refractivity contribution in [1.82, 2.24) is 10.2 Å². The highest BCUT2D eigenvalue weighted by atomic mass is 19.1. The minimum Gasteiger partial charge on any atom is -0.303 e. The molecule has 3 rings (SSSR count). The lowest BCUT2D eigenvalue weighted by atomic mass is 10.1. The fraction of sp³-hybridized carbons (Fsp3) is 0.111. The van der Waals surface area contributed by atoms with Crippen LogP contribution in [0.3, 0.4) is 0 Å². The van der Waals surface area contributed by atoms with Gasteiger partial charge < -0.3 is 5.32 Å². The first-order valence-electron chi connectivity index (χ1n) is 7.18. The van der Waals surface area contributed by atoms with Gasteiger partial charge in [0.1, 0.15) is 11.5 Å². The Hall–Kier alpha value is -2.95. The number of nitrogens with one attached hydrogen (secondary N) is 1. The molecule has 1 heterocycles. The van der Waals surface area contributed by atoms with E-state index in [4.69, 9.17) is 0 Å².